The lowest BCUT2D eigenvalue weighted by molar-refractivity contribution is -0.174. The normalized spacial score (nSPS) is 19.0. The second-order valence-electron chi connectivity index (χ2n) is 8.72. The quantitative estimate of drug-likeness (QED) is 0.438. The van der Waals surface area contributed by atoms with Crippen LogP contribution < -0.4 is 19.7 Å². The van der Waals surface area contributed by atoms with Crippen LogP contribution in [0, 0.1) is 0 Å². The van der Waals surface area contributed by atoms with Crippen LogP contribution in [0.4, 0.5) is 24.5 Å². The minimum atomic E-state index is -5.02. The van der Waals surface area contributed by atoms with Crippen LogP contribution in [-0.2, 0) is 14.8 Å². The molecule has 194 valence electrons. The molecule has 2 atom stereocenters. The number of sulfonamides is 1. The Morgan fingerprint density at radius 1 is 1.03 bits per heavy atom. The number of carbonyl (C=O) groups is 1. The molecule has 2 unspecified atom stereocenters. The van der Waals surface area contributed by atoms with Gasteiger partial charge < -0.3 is 15.0 Å². The summed E-state index contributed by atoms with van der Waals surface area (Å²) in [6.07, 6.45) is -4.19. The summed E-state index contributed by atoms with van der Waals surface area (Å²) < 4.78 is 73.6. The number of piperidine rings is 1. The summed E-state index contributed by atoms with van der Waals surface area (Å²) in [7, 11) is -3.95. The van der Waals surface area contributed by atoms with E-state index in [9.17, 15) is 26.4 Å². The number of amides is 1. The average Bonchev–Trinajstić information content (AvgIpc) is 2.99. The van der Waals surface area contributed by atoms with E-state index in [-0.39, 0.29) is 21.4 Å². The average molecular weight is 552 g/mol. The number of halogens is 4. The molecule has 3 aromatic carbocycles. The Kier molecular flexibility index (Phi) is 6.45. The predicted molar refractivity (Wildman–Crippen MR) is 133 cm³/mol. The van der Waals surface area contributed by atoms with E-state index in [2.05, 4.69) is 10.0 Å². The molecule has 12 heteroatoms. The van der Waals surface area contributed by atoms with Crippen molar-refractivity contribution in [2.75, 3.05) is 16.2 Å². The van der Waals surface area contributed by atoms with Crippen molar-refractivity contribution in [3.63, 3.8) is 0 Å². The van der Waals surface area contributed by atoms with E-state index in [4.69, 9.17) is 16.3 Å². The van der Waals surface area contributed by atoms with Crippen molar-refractivity contribution in [3.8, 4) is 11.5 Å². The van der Waals surface area contributed by atoms with Crippen LogP contribution in [0.5, 0.6) is 11.5 Å². The molecule has 3 aromatic rings. The molecule has 2 N–H and O–H groups in total. The summed E-state index contributed by atoms with van der Waals surface area (Å²) >= 11 is 6.50. The summed E-state index contributed by atoms with van der Waals surface area (Å²) in [5.41, 5.74) is 1.15. The van der Waals surface area contributed by atoms with Gasteiger partial charge in [0.2, 0.25) is 0 Å². The Balaban J connectivity index is 1.57. The molecule has 37 heavy (non-hydrogen) atoms. The molecule has 1 fully saturated rings. The van der Waals surface area contributed by atoms with Crippen LogP contribution in [0.2, 0.25) is 5.02 Å². The molecule has 0 aliphatic carbocycles. The van der Waals surface area contributed by atoms with E-state index in [0.717, 1.165) is 0 Å². The van der Waals surface area contributed by atoms with E-state index in [0.29, 0.717) is 36.4 Å². The summed E-state index contributed by atoms with van der Waals surface area (Å²) in [4.78, 5) is 13.7. The minimum absolute atomic E-state index is 0.0478. The van der Waals surface area contributed by atoms with Crippen molar-refractivity contribution in [3.05, 3.63) is 77.3 Å². The van der Waals surface area contributed by atoms with Gasteiger partial charge in [-0.3, -0.25) is 9.52 Å². The SMILES string of the molecule is O=C(NC1CCCN2c3cc(Cl)c(NS(=O)(=O)c4ccccc4)cc3Oc3ccccc3C12)C(F)(F)F. The van der Waals surface area contributed by atoms with Gasteiger partial charge in [-0.2, -0.15) is 13.2 Å². The number of benzene rings is 3. The highest BCUT2D eigenvalue weighted by molar-refractivity contribution is 7.92. The highest BCUT2D eigenvalue weighted by Crippen LogP contribution is 2.50. The molecular formula is C25H21ClF3N3O4S. The number of nitrogens with zero attached hydrogens (tertiary/aromatic N) is 1. The Hall–Kier alpha value is -3.44. The molecule has 2 aliphatic rings. The molecule has 1 saturated heterocycles. The van der Waals surface area contributed by atoms with Gasteiger partial charge in [0.25, 0.3) is 10.0 Å². The number of para-hydroxylation sites is 1. The van der Waals surface area contributed by atoms with E-state index in [1.54, 1.807) is 42.5 Å². The number of hydrogen-bond acceptors (Lipinski definition) is 5. The molecule has 0 aromatic heterocycles. The first-order valence-electron chi connectivity index (χ1n) is 11.4. The molecule has 1 amide bonds. The zero-order valence-electron chi connectivity index (χ0n) is 19.1. The Morgan fingerprint density at radius 2 is 1.73 bits per heavy atom. The van der Waals surface area contributed by atoms with Crippen molar-refractivity contribution in [1.82, 2.24) is 5.32 Å². The van der Waals surface area contributed by atoms with Gasteiger partial charge in [-0.25, -0.2) is 8.42 Å². The maximum atomic E-state index is 13.1. The van der Waals surface area contributed by atoms with E-state index in [1.165, 1.54) is 24.3 Å². The van der Waals surface area contributed by atoms with Gasteiger partial charge in [0.15, 0.2) is 5.75 Å². The number of ether oxygens (including phenoxy) is 1. The van der Waals surface area contributed by atoms with Gasteiger partial charge >= 0.3 is 12.1 Å². The summed E-state index contributed by atoms with van der Waals surface area (Å²) in [6, 6.07) is 16.1. The first-order valence-corrected chi connectivity index (χ1v) is 13.2. The second-order valence-corrected chi connectivity index (χ2v) is 10.8. The number of alkyl halides is 3. The van der Waals surface area contributed by atoms with E-state index in [1.807, 2.05) is 4.90 Å². The Morgan fingerprint density at radius 3 is 2.46 bits per heavy atom. The third kappa shape index (κ3) is 4.93. The van der Waals surface area contributed by atoms with Gasteiger partial charge in [-0.1, -0.05) is 48.0 Å². The van der Waals surface area contributed by atoms with Crippen molar-refractivity contribution in [1.29, 1.82) is 0 Å². The van der Waals surface area contributed by atoms with Crippen LogP contribution in [0.25, 0.3) is 0 Å². The second kappa shape index (κ2) is 9.46. The molecular weight excluding hydrogens is 531 g/mol. The first-order chi connectivity index (χ1) is 17.5. The largest absolute Gasteiger partial charge is 0.471 e. The van der Waals surface area contributed by atoms with E-state index >= 15 is 0 Å². The third-order valence-corrected chi connectivity index (χ3v) is 8.01. The molecule has 0 radical (unpaired) electrons. The Bertz CT molecular complexity index is 1450. The highest BCUT2D eigenvalue weighted by atomic mass is 35.5. The van der Waals surface area contributed by atoms with Crippen LogP contribution in [0.1, 0.15) is 24.4 Å². The molecule has 0 bridgehead atoms. The van der Waals surface area contributed by atoms with Gasteiger partial charge in [-0.05, 0) is 37.1 Å². The fraction of sp³-hybridized carbons (Fsp3) is 0.240. The lowest BCUT2D eigenvalue weighted by Gasteiger charge is -2.42. The highest BCUT2D eigenvalue weighted by Gasteiger charge is 2.44. The summed E-state index contributed by atoms with van der Waals surface area (Å²) in [5, 5.41) is 2.22. The standard InChI is InChI=1S/C25H21ClF3N3O4S/c26-17-13-20-22(14-19(17)31-37(34,35)15-7-2-1-3-8-15)36-21-11-5-4-9-16(21)23-18(10-6-12-32(20)23)30-24(33)25(27,28)29/h1-5,7-9,11,13-14,18,23,31H,6,10,12H2,(H,30,33). The van der Waals surface area contributed by atoms with Gasteiger partial charge in [-0.15, -0.1) is 0 Å². The number of hydrogen-bond donors (Lipinski definition) is 2. The first kappa shape index (κ1) is 25.2. The van der Waals surface area contributed by atoms with Crippen molar-refractivity contribution >= 4 is 38.9 Å². The number of rotatable bonds is 4. The predicted octanol–water partition coefficient (Wildman–Crippen LogP) is 5.64. The minimum Gasteiger partial charge on any atom is -0.455 e. The lowest BCUT2D eigenvalue weighted by Crippen LogP contribution is -2.52. The molecule has 7 nitrogen and oxygen atoms in total. The monoisotopic (exact) mass is 551 g/mol. The smallest absolute Gasteiger partial charge is 0.455 e. The summed E-state index contributed by atoms with van der Waals surface area (Å²) in [6.45, 7) is 0.458. The molecule has 0 saturated carbocycles. The third-order valence-electron chi connectivity index (χ3n) is 6.32. The fourth-order valence-electron chi connectivity index (χ4n) is 4.72. The molecule has 2 aliphatic heterocycles. The fourth-order valence-corrected chi connectivity index (χ4v) is 6.07. The van der Waals surface area contributed by atoms with E-state index < -0.39 is 34.2 Å². The van der Waals surface area contributed by atoms with Gasteiger partial charge in [0, 0.05) is 18.2 Å². The maximum absolute atomic E-state index is 13.1. The number of carbonyl (C=O) groups excluding carboxylic acids is 1. The Labute approximate surface area is 216 Å². The number of fused-ring (bicyclic) bond motifs is 5. The van der Waals surface area contributed by atoms with Gasteiger partial charge in [0.1, 0.15) is 5.75 Å². The van der Waals surface area contributed by atoms with Crippen LogP contribution >= 0.6 is 11.6 Å². The molecule has 2 heterocycles. The van der Waals surface area contributed by atoms with Crippen molar-refractivity contribution in [2.45, 2.75) is 36.0 Å². The molecule has 5 rings (SSSR count). The number of anilines is 2. The molecule has 0 spiro atoms. The van der Waals surface area contributed by atoms with Crippen molar-refractivity contribution in [2.24, 2.45) is 0 Å². The zero-order valence-corrected chi connectivity index (χ0v) is 20.7. The van der Waals surface area contributed by atoms with Crippen LogP contribution in [0.15, 0.2) is 71.6 Å². The van der Waals surface area contributed by atoms with Crippen LogP contribution in [-0.4, -0.2) is 33.1 Å². The lowest BCUT2D eigenvalue weighted by atomic mass is 9.89. The number of nitrogens with one attached hydrogen (secondary N) is 2. The summed E-state index contributed by atoms with van der Waals surface area (Å²) in [5.74, 6) is -1.36. The van der Waals surface area contributed by atoms with Gasteiger partial charge in [0.05, 0.1) is 33.4 Å². The topological polar surface area (TPSA) is 87.7 Å². The van der Waals surface area contributed by atoms with Crippen molar-refractivity contribution < 1.29 is 31.1 Å². The zero-order chi connectivity index (χ0) is 26.4. The maximum Gasteiger partial charge on any atom is 0.471 e. The van der Waals surface area contributed by atoms with Crippen LogP contribution in [0.3, 0.4) is 0 Å².